The second-order valence-electron chi connectivity index (χ2n) is 5.82. The average Bonchev–Trinajstić information content (AvgIpc) is 2.73. The fourth-order valence-electron chi connectivity index (χ4n) is 3.08. The van der Waals surface area contributed by atoms with Crippen LogP contribution in [0.4, 0.5) is 0 Å². The standard InChI is InChI=1S/C15H21N3/c1-10(2)8-18-9-16-14-11(3)17-13-7-5-4-6-12(13)15(14)18/h6-7,9-10,14-15H,4-5,8H2,1-3H3. The molecule has 2 aliphatic heterocycles. The lowest BCUT2D eigenvalue weighted by Gasteiger charge is -2.35. The molecule has 0 bridgehead atoms. The highest BCUT2D eigenvalue weighted by molar-refractivity contribution is 5.94. The predicted octanol–water partition coefficient (Wildman–Crippen LogP) is 2.80. The largest absolute Gasteiger partial charge is 0.353 e. The van der Waals surface area contributed by atoms with Crippen molar-refractivity contribution in [3.8, 4) is 0 Å². The first-order valence-electron chi connectivity index (χ1n) is 6.91. The Balaban J connectivity index is 1.95. The number of nitrogens with zero attached hydrogens (tertiary/aromatic N) is 3. The zero-order chi connectivity index (χ0) is 12.7. The van der Waals surface area contributed by atoms with Gasteiger partial charge < -0.3 is 4.90 Å². The van der Waals surface area contributed by atoms with Gasteiger partial charge in [0.25, 0.3) is 0 Å². The summed E-state index contributed by atoms with van der Waals surface area (Å²) < 4.78 is 0. The average molecular weight is 243 g/mol. The van der Waals surface area contributed by atoms with E-state index in [0.717, 1.165) is 25.1 Å². The highest BCUT2D eigenvalue weighted by Gasteiger charge is 2.39. The molecule has 2 heterocycles. The quantitative estimate of drug-likeness (QED) is 0.733. The van der Waals surface area contributed by atoms with Gasteiger partial charge in [0.15, 0.2) is 0 Å². The van der Waals surface area contributed by atoms with E-state index in [1.807, 2.05) is 6.34 Å². The van der Waals surface area contributed by atoms with Crippen molar-refractivity contribution in [1.82, 2.24) is 4.90 Å². The molecule has 3 heteroatoms. The van der Waals surface area contributed by atoms with Crippen LogP contribution in [0.5, 0.6) is 0 Å². The van der Waals surface area contributed by atoms with Crippen molar-refractivity contribution in [3.63, 3.8) is 0 Å². The molecular formula is C15H21N3. The monoisotopic (exact) mass is 243 g/mol. The number of allylic oxidation sites excluding steroid dienone is 2. The number of hydrogen-bond donors (Lipinski definition) is 0. The lowest BCUT2D eigenvalue weighted by Crippen LogP contribution is -2.45. The normalized spacial score (nSPS) is 29.8. The van der Waals surface area contributed by atoms with Crippen LogP contribution in [0.3, 0.4) is 0 Å². The molecule has 0 amide bonds. The first-order valence-corrected chi connectivity index (χ1v) is 6.91. The van der Waals surface area contributed by atoms with Gasteiger partial charge in [-0.3, -0.25) is 9.98 Å². The minimum Gasteiger partial charge on any atom is -0.353 e. The third kappa shape index (κ3) is 1.82. The van der Waals surface area contributed by atoms with Crippen molar-refractivity contribution >= 4 is 12.1 Å². The molecule has 3 nitrogen and oxygen atoms in total. The molecule has 0 fully saturated rings. The summed E-state index contributed by atoms with van der Waals surface area (Å²) in [5, 5.41) is 0. The molecule has 96 valence electrons. The molecule has 0 N–H and O–H groups in total. The Bertz CT molecular complexity index is 468. The summed E-state index contributed by atoms with van der Waals surface area (Å²) in [5.74, 6) is 0.658. The van der Waals surface area contributed by atoms with Crippen LogP contribution >= 0.6 is 0 Å². The first-order chi connectivity index (χ1) is 8.66. The van der Waals surface area contributed by atoms with E-state index < -0.39 is 0 Å². The Morgan fingerprint density at radius 1 is 1.33 bits per heavy atom. The minimum absolute atomic E-state index is 0.241. The van der Waals surface area contributed by atoms with Crippen molar-refractivity contribution in [2.75, 3.05) is 6.54 Å². The highest BCUT2D eigenvalue weighted by Crippen LogP contribution is 2.35. The Hall–Kier alpha value is -1.38. The predicted molar refractivity (Wildman–Crippen MR) is 76.1 cm³/mol. The lowest BCUT2D eigenvalue weighted by molar-refractivity contribution is 0.328. The van der Waals surface area contributed by atoms with Gasteiger partial charge in [0.2, 0.25) is 0 Å². The fourth-order valence-corrected chi connectivity index (χ4v) is 3.08. The van der Waals surface area contributed by atoms with Crippen LogP contribution in [0, 0.1) is 5.92 Å². The summed E-state index contributed by atoms with van der Waals surface area (Å²) in [6.45, 7) is 7.70. The molecule has 0 aromatic heterocycles. The van der Waals surface area contributed by atoms with Crippen LogP contribution in [0.25, 0.3) is 0 Å². The molecule has 3 rings (SSSR count). The number of aliphatic imine (C=N–C) groups is 2. The van der Waals surface area contributed by atoms with Crippen LogP contribution in [-0.4, -0.2) is 35.6 Å². The van der Waals surface area contributed by atoms with Gasteiger partial charge in [-0.25, -0.2) is 0 Å². The summed E-state index contributed by atoms with van der Waals surface area (Å²) in [6, 6.07) is 0.640. The second-order valence-corrected chi connectivity index (χ2v) is 5.82. The van der Waals surface area contributed by atoms with Crippen LogP contribution in [0.15, 0.2) is 33.4 Å². The van der Waals surface area contributed by atoms with Crippen molar-refractivity contribution < 1.29 is 0 Å². The molecule has 0 aromatic rings. The molecule has 0 aromatic carbocycles. The first kappa shape index (κ1) is 11.7. The van der Waals surface area contributed by atoms with Crippen LogP contribution in [0.1, 0.15) is 33.6 Å². The second kappa shape index (κ2) is 4.38. The third-order valence-corrected chi connectivity index (χ3v) is 3.82. The summed E-state index contributed by atoms with van der Waals surface area (Å²) in [7, 11) is 0. The molecule has 18 heavy (non-hydrogen) atoms. The molecular weight excluding hydrogens is 222 g/mol. The van der Waals surface area contributed by atoms with Gasteiger partial charge in [-0.1, -0.05) is 26.0 Å². The van der Waals surface area contributed by atoms with E-state index in [-0.39, 0.29) is 6.04 Å². The van der Waals surface area contributed by atoms with Gasteiger partial charge in [0, 0.05) is 12.3 Å². The zero-order valence-corrected chi connectivity index (χ0v) is 11.4. The minimum atomic E-state index is 0.241. The maximum atomic E-state index is 4.73. The van der Waals surface area contributed by atoms with Gasteiger partial charge in [0.05, 0.1) is 18.1 Å². The Morgan fingerprint density at radius 2 is 2.11 bits per heavy atom. The number of fused-ring (bicyclic) bond motifs is 3. The van der Waals surface area contributed by atoms with Gasteiger partial charge in [-0.15, -0.1) is 0 Å². The maximum absolute atomic E-state index is 4.73. The summed E-state index contributed by atoms with van der Waals surface area (Å²) in [6.07, 6.45) is 8.95. The summed E-state index contributed by atoms with van der Waals surface area (Å²) >= 11 is 0. The molecule has 1 aliphatic carbocycles. The molecule has 0 saturated heterocycles. The molecule has 2 unspecified atom stereocenters. The Kier molecular flexibility index (Phi) is 2.84. The molecule has 3 aliphatic rings. The van der Waals surface area contributed by atoms with E-state index in [1.54, 1.807) is 0 Å². The summed E-state index contributed by atoms with van der Waals surface area (Å²) in [5.41, 5.74) is 3.75. The molecule has 0 saturated carbocycles. The van der Waals surface area contributed by atoms with E-state index in [4.69, 9.17) is 4.99 Å². The van der Waals surface area contributed by atoms with Crippen LogP contribution < -0.4 is 0 Å². The van der Waals surface area contributed by atoms with Crippen molar-refractivity contribution in [1.29, 1.82) is 0 Å². The van der Waals surface area contributed by atoms with E-state index in [1.165, 1.54) is 11.3 Å². The van der Waals surface area contributed by atoms with E-state index in [9.17, 15) is 0 Å². The third-order valence-electron chi connectivity index (χ3n) is 3.82. The van der Waals surface area contributed by atoms with Crippen molar-refractivity contribution in [2.24, 2.45) is 15.9 Å². The smallest absolute Gasteiger partial charge is 0.114 e. The SMILES string of the molecule is CC1=NC2=CCCC=C2C2C1N=CN2CC(C)C. The van der Waals surface area contributed by atoms with Gasteiger partial charge >= 0.3 is 0 Å². The topological polar surface area (TPSA) is 28.0 Å². The maximum Gasteiger partial charge on any atom is 0.114 e. The molecule has 0 radical (unpaired) electrons. The highest BCUT2D eigenvalue weighted by atomic mass is 15.3. The van der Waals surface area contributed by atoms with E-state index >= 15 is 0 Å². The number of hydrogen-bond acceptors (Lipinski definition) is 3. The lowest BCUT2D eigenvalue weighted by atomic mass is 9.87. The van der Waals surface area contributed by atoms with Gasteiger partial charge in [-0.2, -0.15) is 0 Å². The zero-order valence-electron chi connectivity index (χ0n) is 11.4. The van der Waals surface area contributed by atoms with Gasteiger partial charge in [-0.05, 0) is 31.3 Å². The molecule has 2 atom stereocenters. The van der Waals surface area contributed by atoms with Gasteiger partial charge in [0.1, 0.15) is 6.04 Å². The van der Waals surface area contributed by atoms with Crippen molar-refractivity contribution in [3.05, 3.63) is 23.4 Å². The number of rotatable bonds is 2. The fraction of sp³-hybridized carbons (Fsp3) is 0.600. The van der Waals surface area contributed by atoms with Crippen molar-refractivity contribution in [2.45, 2.75) is 45.7 Å². The Labute approximate surface area is 109 Å². The van der Waals surface area contributed by atoms with E-state index in [2.05, 4.69) is 42.8 Å². The Morgan fingerprint density at radius 3 is 2.89 bits per heavy atom. The molecule has 0 spiro atoms. The summed E-state index contributed by atoms with van der Waals surface area (Å²) in [4.78, 5) is 11.8. The van der Waals surface area contributed by atoms with Crippen LogP contribution in [0.2, 0.25) is 0 Å². The van der Waals surface area contributed by atoms with Crippen LogP contribution in [-0.2, 0) is 0 Å². The van der Waals surface area contributed by atoms with E-state index in [0.29, 0.717) is 12.0 Å².